The van der Waals surface area contributed by atoms with Gasteiger partial charge in [0.2, 0.25) is 0 Å². The lowest BCUT2D eigenvalue weighted by atomic mass is 10.1. The summed E-state index contributed by atoms with van der Waals surface area (Å²) in [4.78, 5) is 0. The van der Waals surface area contributed by atoms with Crippen molar-refractivity contribution in [2.45, 2.75) is 51.5 Å². The zero-order valence-corrected chi connectivity index (χ0v) is 12.9. The average molecular weight is 297 g/mol. The fraction of sp³-hybridized carbons (Fsp3) is 0.533. The van der Waals surface area contributed by atoms with Crippen LogP contribution in [0, 0.1) is 6.92 Å². The number of rotatable bonds is 2. The fourth-order valence-corrected chi connectivity index (χ4v) is 2.96. The van der Waals surface area contributed by atoms with E-state index in [0.29, 0.717) is 11.2 Å². The van der Waals surface area contributed by atoms with Gasteiger partial charge in [0.05, 0.1) is 0 Å². The zero-order valence-electron chi connectivity index (χ0n) is 11.3. The van der Waals surface area contributed by atoms with Crippen molar-refractivity contribution in [3.8, 4) is 0 Å². The SMILES string of the molecule is Cc1c(Cl)cccc1NC(=S)NC1CCCCCC1. The monoisotopic (exact) mass is 296 g/mol. The molecule has 0 amide bonds. The maximum Gasteiger partial charge on any atom is 0.171 e. The highest BCUT2D eigenvalue weighted by Crippen LogP contribution is 2.23. The molecule has 2 rings (SSSR count). The molecular formula is C15H21ClN2S. The summed E-state index contributed by atoms with van der Waals surface area (Å²) < 4.78 is 0. The van der Waals surface area contributed by atoms with E-state index in [1.807, 2.05) is 25.1 Å². The molecule has 0 aliphatic heterocycles. The molecule has 2 nitrogen and oxygen atoms in total. The first-order chi connectivity index (χ1) is 9.16. The minimum atomic E-state index is 0.516. The van der Waals surface area contributed by atoms with Gasteiger partial charge in [0.1, 0.15) is 0 Å². The molecule has 1 aliphatic carbocycles. The van der Waals surface area contributed by atoms with Crippen LogP contribution in [0.1, 0.15) is 44.1 Å². The van der Waals surface area contributed by atoms with E-state index in [0.717, 1.165) is 16.3 Å². The van der Waals surface area contributed by atoms with Crippen molar-refractivity contribution in [2.75, 3.05) is 5.32 Å². The van der Waals surface area contributed by atoms with E-state index in [1.54, 1.807) is 0 Å². The highest BCUT2D eigenvalue weighted by atomic mass is 35.5. The quantitative estimate of drug-likeness (QED) is 0.613. The first kappa shape index (κ1) is 14.6. The molecule has 1 aromatic rings. The number of hydrogen-bond donors (Lipinski definition) is 2. The minimum absolute atomic E-state index is 0.516. The number of thiocarbonyl (C=S) groups is 1. The van der Waals surface area contributed by atoms with Crippen molar-refractivity contribution in [2.24, 2.45) is 0 Å². The lowest BCUT2D eigenvalue weighted by Crippen LogP contribution is -2.37. The molecule has 0 aromatic heterocycles. The van der Waals surface area contributed by atoms with Crippen LogP contribution in [0.3, 0.4) is 0 Å². The second kappa shape index (κ2) is 7.11. The second-order valence-corrected chi connectivity index (χ2v) is 6.01. The lowest BCUT2D eigenvalue weighted by Gasteiger charge is -2.20. The molecule has 1 aliphatic rings. The van der Waals surface area contributed by atoms with Crippen LogP contribution in [-0.2, 0) is 0 Å². The minimum Gasteiger partial charge on any atom is -0.360 e. The maximum atomic E-state index is 6.11. The van der Waals surface area contributed by atoms with Crippen molar-refractivity contribution in [3.63, 3.8) is 0 Å². The summed E-state index contributed by atoms with van der Waals surface area (Å²) in [7, 11) is 0. The third-order valence-corrected chi connectivity index (χ3v) is 4.34. The van der Waals surface area contributed by atoms with Crippen LogP contribution >= 0.6 is 23.8 Å². The van der Waals surface area contributed by atoms with E-state index in [-0.39, 0.29) is 0 Å². The normalized spacial score (nSPS) is 16.7. The predicted octanol–water partition coefficient (Wildman–Crippen LogP) is 4.66. The van der Waals surface area contributed by atoms with Crippen LogP contribution in [0.5, 0.6) is 0 Å². The molecule has 19 heavy (non-hydrogen) atoms. The van der Waals surface area contributed by atoms with Gasteiger partial charge in [-0.1, -0.05) is 43.4 Å². The fourth-order valence-electron chi connectivity index (χ4n) is 2.51. The smallest absolute Gasteiger partial charge is 0.171 e. The molecule has 0 radical (unpaired) electrons. The molecule has 104 valence electrons. The van der Waals surface area contributed by atoms with Crippen LogP contribution in [0.15, 0.2) is 18.2 Å². The Balaban J connectivity index is 1.91. The molecule has 0 saturated heterocycles. The third-order valence-electron chi connectivity index (χ3n) is 3.71. The largest absolute Gasteiger partial charge is 0.360 e. The molecule has 4 heteroatoms. The van der Waals surface area contributed by atoms with Crippen molar-refractivity contribution >= 4 is 34.6 Å². The Morgan fingerprint density at radius 3 is 2.58 bits per heavy atom. The summed E-state index contributed by atoms with van der Waals surface area (Å²) in [5, 5.41) is 8.16. The number of anilines is 1. The van der Waals surface area contributed by atoms with Gasteiger partial charge >= 0.3 is 0 Å². The summed E-state index contributed by atoms with van der Waals surface area (Å²) >= 11 is 11.5. The van der Waals surface area contributed by atoms with Gasteiger partial charge in [0, 0.05) is 16.8 Å². The van der Waals surface area contributed by atoms with E-state index < -0.39 is 0 Å². The van der Waals surface area contributed by atoms with E-state index in [9.17, 15) is 0 Å². The highest BCUT2D eigenvalue weighted by Gasteiger charge is 2.13. The lowest BCUT2D eigenvalue weighted by molar-refractivity contribution is 0.535. The number of hydrogen-bond acceptors (Lipinski definition) is 1. The van der Waals surface area contributed by atoms with Crippen LogP contribution in [0.2, 0.25) is 5.02 Å². The summed E-state index contributed by atoms with van der Waals surface area (Å²) in [6.45, 7) is 2.00. The zero-order chi connectivity index (χ0) is 13.7. The maximum absolute atomic E-state index is 6.11. The summed E-state index contributed by atoms with van der Waals surface area (Å²) in [5.74, 6) is 0. The molecule has 0 unspecified atom stereocenters. The van der Waals surface area contributed by atoms with E-state index in [2.05, 4.69) is 10.6 Å². The molecule has 0 atom stereocenters. The van der Waals surface area contributed by atoms with Gasteiger partial charge in [-0.05, 0) is 49.7 Å². The Bertz CT molecular complexity index is 440. The van der Waals surface area contributed by atoms with Gasteiger partial charge in [0.15, 0.2) is 5.11 Å². The Morgan fingerprint density at radius 2 is 1.89 bits per heavy atom. The molecule has 1 aromatic carbocycles. The Labute approximate surface area is 125 Å². The van der Waals surface area contributed by atoms with E-state index >= 15 is 0 Å². The first-order valence-corrected chi connectivity index (χ1v) is 7.78. The van der Waals surface area contributed by atoms with E-state index in [1.165, 1.54) is 38.5 Å². The highest BCUT2D eigenvalue weighted by molar-refractivity contribution is 7.80. The Kier molecular flexibility index (Phi) is 5.46. The number of benzene rings is 1. The average Bonchev–Trinajstić information content (AvgIpc) is 2.63. The molecule has 1 fully saturated rings. The van der Waals surface area contributed by atoms with Crippen LogP contribution in [0.4, 0.5) is 5.69 Å². The topological polar surface area (TPSA) is 24.1 Å². The van der Waals surface area contributed by atoms with Crippen molar-refractivity contribution < 1.29 is 0 Å². The Hall–Kier alpha value is -0.800. The molecule has 1 saturated carbocycles. The predicted molar refractivity (Wildman–Crippen MR) is 87.0 cm³/mol. The van der Waals surface area contributed by atoms with Gasteiger partial charge in [-0.2, -0.15) is 0 Å². The number of halogens is 1. The van der Waals surface area contributed by atoms with Crippen molar-refractivity contribution in [3.05, 3.63) is 28.8 Å². The molecular weight excluding hydrogens is 276 g/mol. The van der Waals surface area contributed by atoms with E-state index in [4.69, 9.17) is 23.8 Å². The summed E-state index contributed by atoms with van der Waals surface area (Å²) in [6.07, 6.45) is 7.75. The van der Waals surface area contributed by atoms with Crippen LogP contribution in [-0.4, -0.2) is 11.2 Å². The van der Waals surface area contributed by atoms with Gasteiger partial charge < -0.3 is 10.6 Å². The van der Waals surface area contributed by atoms with Crippen LogP contribution in [0.25, 0.3) is 0 Å². The molecule has 0 bridgehead atoms. The van der Waals surface area contributed by atoms with Gasteiger partial charge in [-0.25, -0.2) is 0 Å². The van der Waals surface area contributed by atoms with Gasteiger partial charge in [0.25, 0.3) is 0 Å². The first-order valence-electron chi connectivity index (χ1n) is 6.99. The molecule has 0 spiro atoms. The van der Waals surface area contributed by atoms with Gasteiger partial charge in [-0.3, -0.25) is 0 Å². The summed E-state index contributed by atoms with van der Waals surface area (Å²) in [5.41, 5.74) is 2.02. The Morgan fingerprint density at radius 1 is 1.21 bits per heavy atom. The van der Waals surface area contributed by atoms with Crippen molar-refractivity contribution in [1.29, 1.82) is 0 Å². The molecule has 0 heterocycles. The standard InChI is InChI=1S/C15H21ClN2S/c1-11-13(16)9-6-10-14(11)18-15(19)17-12-7-4-2-3-5-8-12/h6,9-10,12H,2-5,7-8H2,1H3,(H2,17,18,19). The van der Waals surface area contributed by atoms with Crippen molar-refractivity contribution in [1.82, 2.24) is 5.32 Å². The third kappa shape index (κ3) is 4.36. The second-order valence-electron chi connectivity index (χ2n) is 5.20. The van der Waals surface area contributed by atoms with Gasteiger partial charge in [-0.15, -0.1) is 0 Å². The van der Waals surface area contributed by atoms with Crippen LogP contribution < -0.4 is 10.6 Å². The molecule has 2 N–H and O–H groups in total. The summed E-state index contributed by atoms with van der Waals surface area (Å²) in [6, 6.07) is 6.35. The number of nitrogens with one attached hydrogen (secondary N) is 2.